The van der Waals surface area contributed by atoms with Crippen LogP contribution in [0.1, 0.15) is 62.5 Å². The molecule has 4 rings (SSSR count). The molecule has 10 nitrogen and oxygen atoms in total. The average Bonchev–Trinajstić information content (AvgIpc) is 3.45. The predicted octanol–water partition coefficient (Wildman–Crippen LogP) is 3.45. The third kappa shape index (κ3) is 5.01. The van der Waals surface area contributed by atoms with Crippen molar-refractivity contribution in [3.8, 4) is 0 Å². The van der Waals surface area contributed by atoms with Crippen LogP contribution in [0.2, 0.25) is 0 Å². The van der Waals surface area contributed by atoms with Crippen LogP contribution >= 0.6 is 0 Å². The average molecular weight is 464 g/mol. The zero-order chi connectivity index (χ0) is 24.1. The summed E-state index contributed by atoms with van der Waals surface area (Å²) in [6.07, 6.45) is 12.4. The molecule has 0 radical (unpaired) electrons. The third-order valence-electron chi connectivity index (χ3n) is 6.12. The number of amides is 1. The molecule has 0 aliphatic carbocycles. The van der Waals surface area contributed by atoms with Crippen LogP contribution < -0.4 is 10.6 Å². The SMILES string of the molecule is C/C=C\n1ncc(C(=O)Nc2cc(C3CCN(C(C)C)CC3)nn2C2=NC=CNC2)c1/N=C\C. The molecule has 1 saturated heterocycles. The van der Waals surface area contributed by atoms with Crippen LogP contribution in [0.25, 0.3) is 6.20 Å². The summed E-state index contributed by atoms with van der Waals surface area (Å²) in [6, 6.07) is 2.53. The molecule has 2 aromatic heterocycles. The van der Waals surface area contributed by atoms with Crippen LogP contribution in [0, 0.1) is 0 Å². The van der Waals surface area contributed by atoms with E-state index in [4.69, 9.17) is 5.10 Å². The number of likely N-dealkylation sites (tertiary alicyclic amines) is 1. The monoisotopic (exact) mass is 463 g/mol. The fourth-order valence-electron chi connectivity index (χ4n) is 4.30. The Kier molecular flexibility index (Phi) is 7.36. The largest absolute Gasteiger partial charge is 0.382 e. The Morgan fingerprint density at radius 1 is 1.29 bits per heavy atom. The lowest BCUT2D eigenvalue weighted by Crippen LogP contribution is -2.38. The number of hydrogen-bond acceptors (Lipinski definition) is 7. The highest BCUT2D eigenvalue weighted by Crippen LogP contribution is 2.30. The Labute approximate surface area is 200 Å². The van der Waals surface area contributed by atoms with E-state index in [1.165, 1.54) is 6.20 Å². The van der Waals surface area contributed by atoms with Gasteiger partial charge < -0.3 is 15.5 Å². The molecule has 0 atom stereocenters. The molecule has 2 aromatic rings. The Bertz CT molecular complexity index is 1130. The lowest BCUT2D eigenvalue weighted by molar-refractivity contribution is 0.102. The zero-order valence-corrected chi connectivity index (χ0v) is 20.3. The first-order chi connectivity index (χ1) is 16.5. The summed E-state index contributed by atoms with van der Waals surface area (Å²) in [5.41, 5.74) is 1.37. The summed E-state index contributed by atoms with van der Waals surface area (Å²) in [7, 11) is 0. The molecule has 0 bridgehead atoms. The molecule has 2 N–H and O–H groups in total. The van der Waals surface area contributed by atoms with Gasteiger partial charge in [0.05, 0.1) is 18.4 Å². The van der Waals surface area contributed by atoms with Crippen LogP contribution in [0.5, 0.6) is 0 Å². The first-order valence-corrected chi connectivity index (χ1v) is 11.8. The van der Waals surface area contributed by atoms with Gasteiger partial charge in [-0.1, -0.05) is 6.08 Å². The van der Waals surface area contributed by atoms with Crippen LogP contribution in [0.3, 0.4) is 0 Å². The van der Waals surface area contributed by atoms with Crippen molar-refractivity contribution >= 4 is 35.8 Å². The van der Waals surface area contributed by atoms with E-state index in [-0.39, 0.29) is 5.91 Å². The van der Waals surface area contributed by atoms with Gasteiger partial charge in [0.1, 0.15) is 11.4 Å². The van der Waals surface area contributed by atoms with Gasteiger partial charge in [-0.15, -0.1) is 0 Å². The highest BCUT2D eigenvalue weighted by atomic mass is 16.1. The van der Waals surface area contributed by atoms with Gasteiger partial charge in [0.15, 0.2) is 11.7 Å². The number of aromatic nitrogens is 4. The fraction of sp³-hybridized carbons (Fsp3) is 0.458. The second-order valence-electron chi connectivity index (χ2n) is 8.66. The van der Waals surface area contributed by atoms with E-state index in [2.05, 4.69) is 44.5 Å². The second-order valence-corrected chi connectivity index (χ2v) is 8.66. The van der Waals surface area contributed by atoms with E-state index < -0.39 is 0 Å². The van der Waals surface area contributed by atoms with E-state index in [0.29, 0.717) is 35.7 Å². The zero-order valence-electron chi connectivity index (χ0n) is 20.3. The van der Waals surface area contributed by atoms with Crippen molar-refractivity contribution in [2.24, 2.45) is 9.98 Å². The van der Waals surface area contributed by atoms with Crippen molar-refractivity contribution in [1.29, 1.82) is 0 Å². The molecule has 2 aliphatic rings. The maximum Gasteiger partial charge on any atom is 0.262 e. The minimum atomic E-state index is -0.293. The number of carbonyl (C=O) groups excluding carboxylic acids is 1. The number of nitrogens with one attached hydrogen (secondary N) is 2. The number of rotatable bonds is 6. The minimum Gasteiger partial charge on any atom is -0.382 e. The van der Waals surface area contributed by atoms with Gasteiger partial charge in [-0.3, -0.25) is 4.79 Å². The Morgan fingerprint density at radius 2 is 2.09 bits per heavy atom. The number of nitrogens with zero attached hydrogens (tertiary/aromatic N) is 7. The summed E-state index contributed by atoms with van der Waals surface area (Å²) < 4.78 is 3.32. The first-order valence-electron chi connectivity index (χ1n) is 11.8. The molecule has 0 spiro atoms. The highest BCUT2D eigenvalue weighted by molar-refractivity contribution is 6.08. The Hall–Kier alpha value is -3.53. The van der Waals surface area contributed by atoms with Gasteiger partial charge in [-0.05, 0) is 53.6 Å². The summed E-state index contributed by atoms with van der Waals surface area (Å²) in [6.45, 7) is 10.8. The van der Waals surface area contributed by atoms with Gasteiger partial charge in [-0.2, -0.15) is 10.2 Å². The van der Waals surface area contributed by atoms with Crippen molar-refractivity contribution in [1.82, 2.24) is 29.8 Å². The summed E-state index contributed by atoms with van der Waals surface area (Å²) >= 11 is 0. The topological polar surface area (TPSA) is 105 Å². The van der Waals surface area contributed by atoms with Crippen molar-refractivity contribution in [2.45, 2.75) is 52.5 Å². The molecule has 1 fully saturated rings. The lowest BCUT2D eigenvalue weighted by Gasteiger charge is -2.33. The molecule has 0 aromatic carbocycles. The molecule has 10 heteroatoms. The van der Waals surface area contributed by atoms with Crippen LogP contribution in [-0.4, -0.2) is 68.1 Å². The molecule has 2 aliphatic heterocycles. The molecule has 1 amide bonds. The van der Waals surface area contributed by atoms with Crippen LogP contribution in [-0.2, 0) is 0 Å². The lowest BCUT2D eigenvalue weighted by atomic mass is 9.93. The van der Waals surface area contributed by atoms with Gasteiger partial charge >= 0.3 is 0 Å². The first kappa shape index (κ1) is 23.6. The number of allylic oxidation sites excluding steroid dienone is 1. The molecular formula is C24H33N9O. The van der Waals surface area contributed by atoms with E-state index in [0.717, 1.165) is 37.5 Å². The van der Waals surface area contributed by atoms with Crippen molar-refractivity contribution in [3.05, 3.63) is 42.0 Å². The number of aliphatic imine (C=N–C) groups is 2. The summed E-state index contributed by atoms with van der Waals surface area (Å²) in [5, 5.41) is 15.4. The number of anilines is 1. The van der Waals surface area contributed by atoms with Crippen LogP contribution in [0.4, 0.5) is 11.6 Å². The normalized spacial score (nSPS) is 17.6. The second kappa shape index (κ2) is 10.6. The predicted molar refractivity (Wildman–Crippen MR) is 136 cm³/mol. The van der Waals surface area contributed by atoms with Crippen molar-refractivity contribution in [3.63, 3.8) is 0 Å². The van der Waals surface area contributed by atoms with E-state index in [1.807, 2.05) is 26.0 Å². The standard InChI is InChI=1S/C24H33N9O/c1-5-11-32-23(26-6-2)19(15-28-32)24(34)29-21-14-20(18-7-12-31(13-8-18)17(3)4)30-33(21)22-16-25-9-10-27-22/h5-6,9-11,14-15,17-18,25H,7-8,12-13,16H2,1-4H3,(H,29,34)/b11-5-,26-6-. The maximum atomic E-state index is 13.3. The van der Waals surface area contributed by atoms with Crippen LogP contribution in [0.15, 0.2) is 40.7 Å². The maximum absolute atomic E-state index is 13.3. The Balaban J connectivity index is 1.63. The smallest absolute Gasteiger partial charge is 0.262 e. The minimum absolute atomic E-state index is 0.293. The van der Waals surface area contributed by atoms with Gasteiger partial charge in [0.2, 0.25) is 0 Å². The van der Waals surface area contributed by atoms with E-state index in [1.54, 1.807) is 34.2 Å². The molecule has 180 valence electrons. The third-order valence-corrected chi connectivity index (χ3v) is 6.12. The van der Waals surface area contributed by atoms with Crippen molar-refractivity contribution < 1.29 is 4.79 Å². The molecule has 0 saturated carbocycles. The summed E-state index contributed by atoms with van der Waals surface area (Å²) in [4.78, 5) is 24.6. The number of carbonyl (C=O) groups is 1. The summed E-state index contributed by atoms with van der Waals surface area (Å²) in [5.74, 6) is 1.84. The number of hydrogen-bond donors (Lipinski definition) is 2. The molecule has 34 heavy (non-hydrogen) atoms. The quantitative estimate of drug-likeness (QED) is 0.639. The molecule has 4 heterocycles. The van der Waals surface area contributed by atoms with E-state index >= 15 is 0 Å². The Morgan fingerprint density at radius 3 is 2.74 bits per heavy atom. The molecule has 0 unspecified atom stereocenters. The number of piperidine rings is 1. The fourth-order valence-corrected chi connectivity index (χ4v) is 4.30. The van der Waals surface area contributed by atoms with Gasteiger partial charge in [0.25, 0.3) is 5.91 Å². The molecular weight excluding hydrogens is 430 g/mol. The highest BCUT2D eigenvalue weighted by Gasteiger charge is 2.27. The van der Waals surface area contributed by atoms with Gasteiger partial charge in [0, 0.05) is 42.8 Å². The van der Waals surface area contributed by atoms with Crippen molar-refractivity contribution in [2.75, 3.05) is 25.0 Å². The van der Waals surface area contributed by atoms with E-state index in [9.17, 15) is 4.79 Å². The van der Waals surface area contributed by atoms with Gasteiger partial charge in [-0.25, -0.2) is 19.3 Å².